The number of aliphatic hydroxyl groups is 1. The molecule has 0 aliphatic carbocycles. The molecule has 7 nitrogen and oxygen atoms in total. The fraction of sp³-hybridized carbons (Fsp3) is 0.294. The lowest BCUT2D eigenvalue weighted by Gasteiger charge is -2.18. The third-order valence-corrected chi connectivity index (χ3v) is 6.39. The SMILES string of the molecule is C=C(C)C(=O)OCCOc1cc(C)c(COC(=O)C(=C)C)cc1-c1ccc(-c2ccc(OCCO)cc2)c(CC)c1. The van der Waals surface area contributed by atoms with Crippen molar-refractivity contribution in [3.63, 3.8) is 0 Å². The van der Waals surface area contributed by atoms with Crippen LogP contribution in [-0.4, -0.2) is 43.5 Å². The average Bonchev–Trinajstić information content (AvgIpc) is 2.97. The van der Waals surface area contributed by atoms with Crippen LogP contribution in [0.2, 0.25) is 0 Å². The zero-order chi connectivity index (χ0) is 29.9. The van der Waals surface area contributed by atoms with E-state index in [4.69, 9.17) is 24.1 Å². The summed E-state index contributed by atoms with van der Waals surface area (Å²) in [6, 6.07) is 17.9. The van der Waals surface area contributed by atoms with Gasteiger partial charge in [0.1, 0.15) is 37.9 Å². The molecule has 0 atom stereocenters. The molecule has 216 valence electrons. The van der Waals surface area contributed by atoms with Crippen molar-refractivity contribution < 1.29 is 33.6 Å². The summed E-state index contributed by atoms with van der Waals surface area (Å²) < 4.78 is 22.2. The molecule has 3 rings (SSSR count). The van der Waals surface area contributed by atoms with E-state index >= 15 is 0 Å². The molecule has 0 bridgehead atoms. The molecule has 1 N–H and O–H groups in total. The number of esters is 2. The molecule has 0 fully saturated rings. The van der Waals surface area contributed by atoms with Crippen LogP contribution in [0.1, 0.15) is 37.5 Å². The van der Waals surface area contributed by atoms with Gasteiger partial charge in [0.05, 0.1) is 6.61 Å². The van der Waals surface area contributed by atoms with Gasteiger partial charge >= 0.3 is 11.9 Å². The Bertz CT molecular complexity index is 1400. The summed E-state index contributed by atoms with van der Waals surface area (Å²) in [6.45, 7) is 15.1. The number of hydrogen-bond acceptors (Lipinski definition) is 7. The Labute approximate surface area is 242 Å². The second kappa shape index (κ2) is 14.9. The second-order valence-electron chi connectivity index (χ2n) is 9.72. The van der Waals surface area contributed by atoms with Crippen molar-refractivity contribution in [3.8, 4) is 33.8 Å². The third kappa shape index (κ3) is 8.56. The van der Waals surface area contributed by atoms with E-state index in [2.05, 4.69) is 32.2 Å². The lowest BCUT2D eigenvalue weighted by molar-refractivity contribution is -0.140. The maximum Gasteiger partial charge on any atom is 0.333 e. The number of ether oxygens (including phenoxy) is 4. The fourth-order valence-electron chi connectivity index (χ4n) is 4.13. The van der Waals surface area contributed by atoms with E-state index in [0.717, 1.165) is 45.4 Å². The first-order valence-electron chi connectivity index (χ1n) is 13.5. The number of hydrogen-bond donors (Lipinski definition) is 1. The van der Waals surface area contributed by atoms with Gasteiger partial charge in [-0.25, -0.2) is 9.59 Å². The van der Waals surface area contributed by atoms with Crippen LogP contribution in [0.5, 0.6) is 11.5 Å². The van der Waals surface area contributed by atoms with E-state index in [0.29, 0.717) is 22.6 Å². The lowest BCUT2D eigenvalue weighted by Crippen LogP contribution is -2.13. The first-order chi connectivity index (χ1) is 19.6. The molecule has 0 amide bonds. The van der Waals surface area contributed by atoms with Crippen LogP contribution in [0, 0.1) is 6.92 Å². The van der Waals surface area contributed by atoms with Crippen LogP contribution in [0.4, 0.5) is 0 Å². The van der Waals surface area contributed by atoms with Gasteiger partial charge in [-0.1, -0.05) is 50.4 Å². The predicted molar refractivity (Wildman–Crippen MR) is 160 cm³/mol. The minimum atomic E-state index is -0.462. The molecule has 41 heavy (non-hydrogen) atoms. The minimum Gasteiger partial charge on any atom is -0.491 e. The molecule has 3 aromatic carbocycles. The standard InChI is InChI=1S/C34H38O7/c1-7-25-19-27(10-13-30(25)26-8-11-29(12-9-26)38-15-14-35)31-20-28(21-41-34(37)23(4)5)24(6)18-32(31)39-16-17-40-33(36)22(2)3/h8-13,18-20,35H,2,4,7,14-17,21H2,1,3,5-6H3. The van der Waals surface area contributed by atoms with E-state index in [9.17, 15) is 9.59 Å². The quantitative estimate of drug-likeness (QED) is 0.139. The highest BCUT2D eigenvalue weighted by atomic mass is 16.6. The smallest absolute Gasteiger partial charge is 0.333 e. The highest BCUT2D eigenvalue weighted by Gasteiger charge is 2.15. The Kier molecular flexibility index (Phi) is 11.3. The Morgan fingerprint density at radius 1 is 0.756 bits per heavy atom. The molecule has 0 radical (unpaired) electrons. The number of aryl methyl sites for hydroxylation is 2. The average molecular weight is 559 g/mol. The molecule has 3 aromatic rings. The van der Waals surface area contributed by atoms with Crippen molar-refractivity contribution in [1.82, 2.24) is 0 Å². The van der Waals surface area contributed by atoms with Gasteiger partial charge < -0.3 is 24.1 Å². The van der Waals surface area contributed by atoms with Crippen LogP contribution in [0.15, 0.2) is 78.9 Å². The highest BCUT2D eigenvalue weighted by Crippen LogP contribution is 2.37. The summed E-state index contributed by atoms with van der Waals surface area (Å²) >= 11 is 0. The highest BCUT2D eigenvalue weighted by molar-refractivity contribution is 5.87. The summed E-state index contributed by atoms with van der Waals surface area (Å²) in [5.74, 6) is 0.420. The van der Waals surface area contributed by atoms with Crippen molar-refractivity contribution in [1.29, 1.82) is 0 Å². The van der Waals surface area contributed by atoms with Gasteiger partial charge in [0.2, 0.25) is 0 Å². The number of rotatable bonds is 14. The summed E-state index contributed by atoms with van der Waals surface area (Å²) in [4.78, 5) is 23.8. The predicted octanol–water partition coefficient (Wildman–Crippen LogP) is 6.38. The van der Waals surface area contributed by atoms with Crippen molar-refractivity contribution >= 4 is 11.9 Å². The monoisotopic (exact) mass is 558 g/mol. The number of benzene rings is 3. The largest absolute Gasteiger partial charge is 0.491 e. The van der Waals surface area contributed by atoms with Crippen molar-refractivity contribution in [2.75, 3.05) is 26.4 Å². The van der Waals surface area contributed by atoms with Gasteiger partial charge in [-0.15, -0.1) is 0 Å². The van der Waals surface area contributed by atoms with Gasteiger partial charge in [-0.2, -0.15) is 0 Å². The summed E-state index contributed by atoms with van der Waals surface area (Å²) in [7, 11) is 0. The van der Waals surface area contributed by atoms with Gasteiger partial charge in [-0.05, 0) is 84.8 Å². The molecule has 0 unspecified atom stereocenters. The van der Waals surface area contributed by atoms with E-state index in [1.807, 2.05) is 49.4 Å². The topological polar surface area (TPSA) is 91.3 Å². The molecule has 0 aliphatic heterocycles. The van der Waals surface area contributed by atoms with Crippen LogP contribution in [-0.2, 0) is 32.1 Å². The Morgan fingerprint density at radius 2 is 1.41 bits per heavy atom. The van der Waals surface area contributed by atoms with Gasteiger partial charge in [0, 0.05) is 16.7 Å². The summed E-state index contributed by atoms with van der Waals surface area (Å²) in [5, 5.41) is 9.00. The Hall–Kier alpha value is -4.36. The van der Waals surface area contributed by atoms with Crippen molar-refractivity contribution in [2.45, 2.75) is 40.7 Å². The number of aliphatic hydroxyl groups excluding tert-OH is 1. The number of carbonyl (C=O) groups excluding carboxylic acids is 2. The van der Waals surface area contributed by atoms with E-state index in [1.54, 1.807) is 13.8 Å². The molecule has 0 saturated heterocycles. The van der Waals surface area contributed by atoms with Crippen LogP contribution in [0.3, 0.4) is 0 Å². The maximum atomic E-state index is 12.0. The normalized spacial score (nSPS) is 10.6. The zero-order valence-corrected chi connectivity index (χ0v) is 24.2. The lowest BCUT2D eigenvalue weighted by atomic mass is 9.92. The van der Waals surface area contributed by atoms with Crippen molar-refractivity contribution in [2.24, 2.45) is 0 Å². The van der Waals surface area contributed by atoms with E-state index in [1.165, 1.54) is 0 Å². The maximum absolute atomic E-state index is 12.0. The summed E-state index contributed by atoms with van der Waals surface area (Å²) in [6.07, 6.45) is 0.800. The number of carbonyl (C=O) groups is 2. The molecule has 0 heterocycles. The molecule has 0 aliphatic rings. The first-order valence-corrected chi connectivity index (χ1v) is 13.5. The molecule has 7 heteroatoms. The molecular formula is C34H38O7. The Morgan fingerprint density at radius 3 is 2.05 bits per heavy atom. The third-order valence-electron chi connectivity index (χ3n) is 6.39. The Balaban J connectivity index is 1.95. The van der Waals surface area contributed by atoms with Crippen LogP contribution >= 0.6 is 0 Å². The minimum absolute atomic E-state index is 0.0361. The van der Waals surface area contributed by atoms with Gasteiger partial charge in [0.25, 0.3) is 0 Å². The zero-order valence-electron chi connectivity index (χ0n) is 24.2. The molecular weight excluding hydrogens is 520 g/mol. The van der Waals surface area contributed by atoms with Gasteiger partial charge in [-0.3, -0.25) is 0 Å². The van der Waals surface area contributed by atoms with Crippen LogP contribution < -0.4 is 9.47 Å². The van der Waals surface area contributed by atoms with E-state index < -0.39 is 11.9 Å². The van der Waals surface area contributed by atoms with Gasteiger partial charge in [0.15, 0.2) is 0 Å². The fourth-order valence-corrected chi connectivity index (χ4v) is 4.13. The molecule has 0 spiro atoms. The van der Waals surface area contributed by atoms with Crippen molar-refractivity contribution in [3.05, 3.63) is 95.6 Å². The van der Waals surface area contributed by atoms with Crippen LogP contribution in [0.25, 0.3) is 22.3 Å². The second-order valence-corrected chi connectivity index (χ2v) is 9.72. The summed E-state index contributed by atoms with van der Waals surface area (Å²) in [5.41, 5.74) is 7.47. The molecule has 0 aromatic heterocycles. The molecule has 0 saturated carbocycles. The van der Waals surface area contributed by atoms with E-state index in [-0.39, 0.29) is 33.0 Å². The first kappa shape index (κ1) is 31.2.